The number of ether oxygens (including phenoxy) is 1. The molecular formula is C15H16ClN3O2. The second kappa shape index (κ2) is 5.33. The number of carbonyl (C=O) groups excluding carboxylic acids is 1. The third kappa shape index (κ3) is 2.83. The van der Waals surface area contributed by atoms with Crippen molar-refractivity contribution in [2.24, 2.45) is 0 Å². The van der Waals surface area contributed by atoms with Crippen LogP contribution in [-0.2, 0) is 0 Å². The number of carbonyl (C=O) groups is 1. The van der Waals surface area contributed by atoms with Gasteiger partial charge >= 0.3 is 0 Å². The van der Waals surface area contributed by atoms with Gasteiger partial charge < -0.3 is 20.4 Å². The lowest BCUT2D eigenvalue weighted by atomic mass is 10.2. The first-order valence-electron chi connectivity index (χ1n) is 6.70. The minimum absolute atomic E-state index is 0.194. The fourth-order valence-corrected chi connectivity index (χ4v) is 2.47. The predicted molar refractivity (Wildman–Crippen MR) is 83.1 cm³/mol. The third-order valence-electron chi connectivity index (χ3n) is 3.48. The van der Waals surface area contributed by atoms with Gasteiger partial charge in [-0.1, -0.05) is 11.6 Å². The number of hydrogen-bond donors (Lipinski definition) is 2. The van der Waals surface area contributed by atoms with Gasteiger partial charge in [0.1, 0.15) is 11.4 Å². The predicted octanol–water partition coefficient (Wildman–Crippen LogP) is 3.32. The Labute approximate surface area is 127 Å². The van der Waals surface area contributed by atoms with Crippen molar-refractivity contribution in [3.8, 4) is 5.75 Å². The van der Waals surface area contributed by atoms with Gasteiger partial charge in [-0.05, 0) is 31.0 Å². The van der Waals surface area contributed by atoms with Crippen LogP contribution in [0.3, 0.4) is 0 Å². The van der Waals surface area contributed by atoms with Gasteiger partial charge in [-0.2, -0.15) is 0 Å². The van der Waals surface area contributed by atoms with Gasteiger partial charge in [-0.15, -0.1) is 0 Å². The number of nitrogen functional groups attached to an aromatic ring is 1. The van der Waals surface area contributed by atoms with Gasteiger partial charge in [0.15, 0.2) is 0 Å². The number of benzene rings is 1. The number of amides is 1. The molecule has 1 aliphatic rings. The van der Waals surface area contributed by atoms with Crippen molar-refractivity contribution in [3.05, 3.63) is 41.2 Å². The van der Waals surface area contributed by atoms with Crippen molar-refractivity contribution in [2.75, 3.05) is 18.2 Å². The number of nitrogens with two attached hydrogens (primary N) is 1. The molecule has 1 amide bonds. The Kier molecular flexibility index (Phi) is 3.51. The number of hydrogen-bond acceptors (Lipinski definition) is 3. The van der Waals surface area contributed by atoms with Crippen molar-refractivity contribution in [3.63, 3.8) is 0 Å². The number of nitrogens with zero attached hydrogens (tertiary/aromatic N) is 1. The van der Waals surface area contributed by atoms with Crippen LogP contribution in [0.1, 0.15) is 29.4 Å². The highest BCUT2D eigenvalue weighted by molar-refractivity contribution is 6.31. The molecule has 1 saturated carbocycles. The first kappa shape index (κ1) is 13.8. The fraction of sp³-hybridized carbons (Fsp3) is 0.267. The second-order valence-corrected chi connectivity index (χ2v) is 5.53. The molecule has 5 nitrogen and oxygen atoms in total. The summed E-state index contributed by atoms with van der Waals surface area (Å²) < 4.78 is 7.08. The first-order valence-corrected chi connectivity index (χ1v) is 7.08. The average Bonchev–Trinajstić information content (AvgIpc) is 3.23. The van der Waals surface area contributed by atoms with E-state index in [0.717, 1.165) is 12.8 Å². The molecule has 1 heterocycles. The Hall–Kier alpha value is -2.14. The maximum Gasteiger partial charge on any atom is 0.272 e. The summed E-state index contributed by atoms with van der Waals surface area (Å²) in [5.41, 5.74) is 7.48. The highest BCUT2D eigenvalue weighted by Gasteiger charge is 2.27. The number of nitrogens with one attached hydrogen (secondary N) is 1. The molecule has 0 atom stereocenters. The van der Waals surface area contributed by atoms with Crippen molar-refractivity contribution in [2.45, 2.75) is 18.9 Å². The molecule has 1 aromatic carbocycles. The monoisotopic (exact) mass is 305 g/mol. The summed E-state index contributed by atoms with van der Waals surface area (Å²) in [4.78, 5) is 12.4. The van der Waals surface area contributed by atoms with Crippen LogP contribution in [-0.4, -0.2) is 17.6 Å². The molecule has 21 heavy (non-hydrogen) atoms. The zero-order chi connectivity index (χ0) is 15.0. The Morgan fingerprint density at radius 1 is 1.43 bits per heavy atom. The van der Waals surface area contributed by atoms with E-state index in [-0.39, 0.29) is 5.91 Å². The summed E-state index contributed by atoms with van der Waals surface area (Å²) in [7, 11) is 1.54. The number of rotatable bonds is 4. The molecule has 0 radical (unpaired) electrons. The van der Waals surface area contributed by atoms with E-state index in [2.05, 4.69) is 5.32 Å². The van der Waals surface area contributed by atoms with E-state index in [1.807, 2.05) is 4.57 Å². The van der Waals surface area contributed by atoms with E-state index < -0.39 is 0 Å². The largest absolute Gasteiger partial charge is 0.495 e. The molecule has 3 rings (SSSR count). The van der Waals surface area contributed by atoms with Crippen LogP contribution in [0.2, 0.25) is 5.02 Å². The van der Waals surface area contributed by atoms with E-state index >= 15 is 0 Å². The number of aromatic nitrogens is 1. The van der Waals surface area contributed by atoms with E-state index in [1.165, 1.54) is 7.11 Å². The Balaban J connectivity index is 1.83. The van der Waals surface area contributed by atoms with Crippen LogP contribution < -0.4 is 15.8 Å². The summed E-state index contributed by atoms with van der Waals surface area (Å²) in [6.45, 7) is 0. The zero-order valence-electron chi connectivity index (χ0n) is 11.6. The maximum atomic E-state index is 12.4. The first-order chi connectivity index (χ1) is 10.1. The lowest BCUT2D eigenvalue weighted by molar-refractivity contribution is 0.101. The topological polar surface area (TPSA) is 69.3 Å². The van der Waals surface area contributed by atoms with Gasteiger partial charge in [0.25, 0.3) is 5.91 Å². The molecule has 0 spiro atoms. The van der Waals surface area contributed by atoms with Crippen LogP contribution in [0.5, 0.6) is 5.75 Å². The molecule has 110 valence electrons. The molecule has 6 heteroatoms. The molecule has 1 aromatic heterocycles. The standard InChI is InChI=1S/C15H16ClN3O2/c1-21-14-7-10(2-5-12(14)17)18-15(20)13-6-9(16)8-19(13)11-3-4-11/h2,5-8,11H,3-4,17H2,1H3,(H,18,20). The van der Waals surface area contributed by atoms with Crippen LogP contribution in [0.4, 0.5) is 11.4 Å². The van der Waals surface area contributed by atoms with E-state index in [9.17, 15) is 4.79 Å². The molecule has 0 unspecified atom stereocenters. The summed E-state index contributed by atoms with van der Waals surface area (Å²) in [5, 5.41) is 3.41. The fourth-order valence-electron chi connectivity index (χ4n) is 2.27. The molecule has 0 bridgehead atoms. The summed E-state index contributed by atoms with van der Waals surface area (Å²) in [6, 6.07) is 7.20. The van der Waals surface area contributed by atoms with Crippen molar-refractivity contribution in [1.82, 2.24) is 4.57 Å². The number of halogens is 1. The lowest BCUT2D eigenvalue weighted by Crippen LogP contribution is -2.16. The molecule has 0 saturated heterocycles. The van der Waals surface area contributed by atoms with Crippen molar-refractivity contribution >= 4 is 28.9 Å². The zero-order valence-corrected chi connectivity index (χ0v) is 12.4. The van der Waals surface area contributed by atoms with Crippen LogP contribution in [0, 0.1) is 0 Å². The van der Waals surface area contributed by atoms with Gasteiger partial charge in [0.05, 0.1) is 17.8 Å². The molecule has 0 aliphatic heterocycles. The molecule has 2 aromatic rings. The van der Waals surface area contributed by atoms with Crippen LogP contribution in [0.15, 0.2) is 30.5 Å². The van der Waals surface area contributed by atoms with Crippen LogP contribution >= 0.6 is 11.6 Å². The summed E-state index contributed by atoms with van der Waals surface area (Å²) >= 11 is 6.02. The normalized spacial score (nSPS) is 14.0. The molecule has 3 N–H and O–H groups in total. The second-order valence-electron chi connectivity index (χ2n) is 5.09. The van der Waals surface area contributed by atoms with Crippen molar-refractivity contribution in [1.29, 1.82) is 0 Å². The smallest absolute Gasteiger partial charge is 0.272 e. The third-order valence-corrected chi connectivity index (χ3v) is 3.69. The van der Waals surface area contributed by atoms with Gasteiger partial charge in [0, 0.05) is 24.0 Å². The van der Waals surface area contributed by atoms with Gasteiger partial charge in [-0.3, -0.25) is 4.79 Å². The lowest BCUT2D eigenvalue weighted by Gasteiger charge is -2.10. The SMILES string of the molecule is COc1cc(NC(=O)c2cc(Cl)cn2C2CC2)ccc1N. The Morgan fingerprint density at radius 2 is 2.19 bits per heavy atom. The van der Waals surface area contributed by atoms with Gasteiger partial charge in [-0.25, -0.2) is 0 Å². The number of methoxy groups -OCH3 is 1. The molecule has 1 fully saturated rings. The quantitative estimate of drug-likeness (QED) is 0.851. The molecule has 1 aliphatic carbocycles. The molecular weight excluding hydrogens is 290 g/mol. The minimum Gasteiger partial charge on any atom is -0.495 e. The van der Waals surface area contributed by atoms with Crippen molar-refractivity contribution < 1.29 is 9.53 Å². The number of anilines is 2. The Bertz CT molecular complexity index is 692. The highest BCUT2D eigenvalue weighted by atomic mass is 35.5. The minimum atomic E-state index is -0.194. The average molecular weight is 306 g/mol. The summed E-state index contributed by atoms with van der Waals surface area (Å²) in [5.74, 6) is 0.337. The van der Waals surface area contributed by atoms with E-state index in [1.54, 1.807) is 30.5 Å². The van der Waals surface area contributed by atoms with E-state index in [0.29, 0.717) is 33.9 Å². The van der Waals surface area contributed by atoms with E-state index in [4.69, 9.17) is 22.1 Å². The Morgan fingerprint density at radius 3 is 2.86 bits per heavy atom. The van der Waals surface area contributed by atoms with Gasteiger partial charge in [0.2, 0.25) is 0 Å². The summed E-state index contributed by atoms with van der Waals surface area (Å²) in [6.07, 6.45) is 3.97. The maximum absolute atomic E-state index is 12.4. The highest BCUT2D eigenvalue weighted by Crippen LogP contribution is 2.37. The van der Waals surface area contributed by atoms with Crippen LogP contribution in [0.25, 0.3) is 0 Å².